The van der Waals surface area contributed by atoms with Crippen molar-refractivity contribution < 1.29 is 19.4 Å². The maximum Gasteiger partial charge on any atom is 0.407 e. The molecule has 0 atom stereocenters. The Kier molecular flexibility index (Phi) is 8.63. The number of imidazole rings is 1. The molecule has 0 bridgehead atoms. The van der Waals surface area contributed by atoms with E-state index in [0.29, 0.717) is 13.3 Å². The smallest absolute Gasteiger partial charge is 0.407 e. The standard InChI is InChI=1S/C21H35N3O4SSi/c1-21(2,3)28-20(26)22-10-7-12-29-19-23-17-14-16(25)8-9-18(17)24(19)15-27-11-13-30(4,5)6/h8-9,14,25H,7,10-13,15H2,1-6H3,(H,22,26). The second-order valence-electron chi connectivity index (χ2n) is 9.47. The van der Waals surface area contributed by atoms with Crippen molar-refractivity contribution >= 4 is 37.0 Å². The molecular formula is C21H35N3O4SSi. The maximum atomic E-state index is 11.7. The number of phenolic OH excluding ortho intramolecular Hbond substituents is 1. The summed E-state index contributed by atoms with van der Waals surface area (Å²) in [5, 5.41) is 13.4. The van der Waals surface area contributed by atoms with Crippen molar-refractivity contribution in [3.63, 3.8) is 0 Å². The number of nitrogens with zero attached hydrogens (tertiary/aromatic N) is 2. The molecule has 0 fully saturated rings. The molecule has 0 radical (unpaired) electrons. The van der Waals surface area contributed by atoms with Gasteiger partial charge in [0.1, 0.15) is 18.1 Å². The number of amides is 1. The largest absolute Gasteiger partial charge is 0.508 e. The normalized spacial score (nSPS) is 12.3. The molecule has 2 rings (SSSR count). The molecule has 168 valence electrons. The number of fused-ring (bicyclic) bond motifs is 1. The lowest BCUT2D eigenvalue weighted by Crippen LogP contribution is -2.33. The zero-order valence-electron chi connectivity index (χ0n) is 18.9. The van der Waals surface area contributed by atoms with Crippen LogP contribution in [0, 0.1) is 0 Å². The molecule has 9 heteroatoms. The van der Waals surface area contributed by atoms with E-state index in [2.05, 4.69) is 29.9 Å². The van der Waals surface area contributed by atoms with Gasteiger partial charge in [-0.3, -0.25) is 4.57 Å². The molecule has 2 aromatic rings. The summed E-state index contributed by atoms with van der Waals surface area (Å²) in [5.74, 6) is 0.991. The number of rotatable bonds is 10. The zero-order chi connectivity index (χ0) is 22.4. The molecular weight excluding hydrogens is 418 g/mol. The summed E-state index contributed by atoms with van der Waals surface area (Å²) in [7, 11) is -1.14. The highest BCUT2D eigenvalue weighted by molar-refractivity contribution is 7.99. The van der Waals surface area contributed by atoms with Crippen molar-refractivity contribution in [2.24, 2.45) is 0 Å². The first-order chi connectivity index (χ1) is 13.9. The van der Waals surface area contributed by atoms with E-state index in [1.807, 2.05) is 31.4 Å². The lowest BCUT2D eigenvalue weighted by atomic mass is 10.2. The molecule has 0 spiro atoms. The third-order valence-corrected chi connectivity index (χ3v) is 6.90. The monoisotopic (exact) mass is 453 g/mol. The number of carbonyl (C=O) groups is 1. The van der Waals surface area contributed by atoms with Crippen LogP contribution in [0.25, 0.3) is 11.0 Å². The van der Waals surface area contributed by atoms with Crippen molar-refractivity contribution in [1.82, 2.24) is 14.9 Å². The van der Waals surface area contributed by atoms with Crippen molar-refractivity contribution in [2.75, 3.05) is 18.9 Å². The highest BCUT2D eigenvalue weighted by Gasteiger charge is 2.16. The third-order valence-electron chi connectivity index (χ3n) is 4.13. The Morgan fingerprint density at radius 1 is 1.30 bits per heavy atom. The minimum atomic E-state index is -1.14. The molecule has 2 N–H and O–H groups in total. The van der Waals surface area contributed by atoms with Gasteiger partial charge in [0.2, 0.25) is 0 Å². The highest BCUT2D eigenvalue weighted by Crippen LogP contribution is 2.27. The van der Waals surface area contributed by atoms with E-state index in [4.69, 9.17) is 9.47 Å². The van der Waals surface area contributed by atoms with Crippen LogP contribution in [0.5, 0.6) is 5.75 Å². The molecule has 0 unspecified atom stereocenters. The van der Waals surface area contributed by atoms with Gasteiger partial charge in [-0.1, -0.05) is 31.4 Å². The number of nitrogens with one attached hydrogen (secondary N) is 1. The molecule has 0 saturated heterocycles. The van der Waals surface area contributed by atoms with Crippen molar-refractivity contribution in [3.05, 3.63) is 18.2 Å². The van der Waals surface area contributed by atoms with Gasteiger partial charge < -0.3 is 19.9 Å². The van der Waals surface area contributed by atoms with E-state index in [1.165, 1.54) is 0 Å². The number of phenols is 1. The Balaban J connectivity index is 1.92. The fourth-order valence-corrected chi connectivity index (χ4v) is 4.30. The minimum Gasteiger partial charge on any atom is -0.508 e. The number of alkyl carbamates (subject to hydrolysis) is 1. The Morgan fingerprint density at radius 2 is 2.03 bits per heavy atom. The molecule has 1 aromatic heterocycles. The first-order valence-corrected chi connectivity index (χ1v) is 15.0. The maximum absolute atomic E-state index is 11.7. The van der Waals surface area contributed by atoms with Crippen molar-refractivity contribution in [3.8, 4) is 5.75 Å². The van der Waals surface area contributed by atoms with Gasteiger partial charge in [-0.15, -0.1) is 0 Å². The van der Waals surface area contributed by atoms with E-state index in [0.717, 1.165) is 41.0 Å². The van der Waals surface area contributed by atoms with E-state index in [-0.39, 0.29) is 5.75 Å². The molecule has 30 heavy (non-hydrogen) atoms. The van der Waals surface area contributed by atoms with Crippen molar-refractivity contribution in [2.45, 2.75) is 70.4 Å². The van der Waals surface area contributed by atoms with Crippen LogP contribution in [0.3, 0.4) is 0 Å². The number of hydrogen-bond donors (Lipinski definition) is 2. The Bertz CT molecular complexity index is 843. The average Bonchev–Trinajstić information content (AvgIpc) is 2.92. The van der Waals surface area contributed by atoms with Gasteiger partial charge in [0.25, 0.3) is 0 Å². The van der Waals surface area contributed by atoms with Crippen LogP contribution in [0.2, 0.25) is 25.7 Å². The molecule has 0 aliphatic carbocycles. The lowest BCUT2D eigenvalue weighted by molar-refractivity contribution is 0.0528. The van der Waals surface area contributed by atoms with Crippen LogP contribution < -0.4 is 5.32 Å². The Morgan fingerprint density at radius 3 is 2.70 bits per heavy atom. The van der Waals surface area contributed by atoms with E-state index in [1.54, 1.807) is 23.9 Å². The summed E-state index contributed by atoms with van der Waals surface area (Å²) in [6.07, 6.45) is 0.389. The predicted molar refractivity (Wildman–Crippen MR) is 125 cm³/mol. The van der Waals surface area contributed by atoms with Gasteiger partial charge in [-0.2, -0.15) is 0 Å². The summed E-state index contributed by atoms with van der Waals surface area (Å²) in [5.41, 5.74) is 1.19. The van der Waals surface area contributed by atoms with E-state index < -0.39 is 19.8 Å². The first-order valence-electron chi connectivity index (χ1n) is 10.3. The van der Waals surface area contributed by atoms with Crippen LogP contribution in [0.1, 0.15) is 27.2 Å². The lowest BCUT2D eigenvalue weighted by Gasteiger charge is -2.19. The summed E-state index contributed by atoms with van der Waals surface area (Å²) < 4.78 is 13.2. The van der Waals surface area contributed by atoms with E-state index in [9.17, 15) is 9.90 Å². The van der Waals surface area contributed by atoms with Crippen LogP contribution in [0.4, 0.5) is 4.79 Å². The second kappa shape index (κ2) is 10.5. The average molecular weight is 454 g/mol. The number of aromatic hydroxyl groups is 1. The number of aromatic nitrogens is 2. The molecule has 1 heterocycles. The summed E-state index contributed by atoms with van der Waals surface area (Å²) in [6.45, 7) is 14.2. The third kappa shape index (κ3) is 8.57. The summed E-state index contributed by atoms with van der Waals surface area (Å²) >= 11 is 1.61. The number of ether oxygens (including phenoxy) is 2. The number of carbonyl (C=O) groups excluding carboxylic acids is 1. The molecule has 7 nitrogen and oxygen atoms in total. The highest BCUT2D eigenvalue weighted by atomic mass is 32.2. The van der Waals surface area contributed by atoms with Gasteiger partial charge in [0.15, 0.2) is 5.16 Å². The molecule has 0 aliphatic heterocycles. The van der Waals surface area contributed by atoms with Gasteiger partial charge in [0, 0.05) is 33.0 Å². The van der Waals surface area contributed by atoms with Crippen LogP contribution in [-0.4, -0.2) is 53.3 Å². The van der Waals surface area contributed by atoms with Crippen LogP contribution in [0.15, 0.2) is 23.4 Å². The van der Waals surface area contributed by atoms with Crippen LogP contribution in [-0.2, 0) is 16.2 Å². The van der Waals surface area contributed by atoms with Crippen molar-refractivity contribution in [1.29, 1.82) is 0 Å². The fraction of sp³-hybridized carbons (Fsp3) is 0.619. The SMILES string of the molecule is CC(C)(C)OC(=O)NCCCSc1nc2cc(O)ccc2n1COCC[Si](C)(C)C. The van der Waals surface area contributed by atoms with Gasteiger partial charge in [0.05, 0.1) is 11.0 Å². The second-order valence-corrected chi connectivity index (χ2v) is 16.2. The Labute approximate surface area is 184 Å². The number of thioether (sulfide) groups is 1. The van der Waals surface area contributed by atoms with Gasteiger partial charge in [-0.25, -0.2) is 9.78 Å². The molecule has 0 saturated carbocycles. The minimum absolute atomic E-state index is 0.199. The van der Waals surface area contributed by atoms with Gasteiger partial charge in [-0.05, 0) is 45.4 Å². The first kappa shape index (κ1) is 24.6. The van der Waals surface area contributed by atoms with Crippen LogP contribution >= 0.6 is 11.8 Å². The molecule has 0 aliphatic rings. The fourth-order valence-electron chi connectivity index (χ4n) is 2.61. The topological polar surface area (TPSA) is 85.6 Å². The van der Waals surface area contributed by atoms with E-state index >= 15 is 0 Å². The molecule has 1 amide bonds. The quantitative estimate of drug-likeness (QED) is 0.297. The number of benzene rings is 1. The Hall–Kier alpha value is -1.71. The summed E-state index contributed by atoms with van der Waals surface area (Å²) in [6, 6.07) is 6.32. The van der Waals surface area contributed by atoms with Gasteiger partial charge >= 0.3 is 6.09 Å². The molecule has 1 aromatic carbocycles. The predicted octanol–water partition coefficient (Wildman–Crippen LogP) is 5.06. The number of hydrogen-bond acceptors (Lipinski definition) is 6. The zero-order valence-corrected chi connectivity index (χ0v) is 20.8. The summed E-state index contributed by atoms with van der Waals surface area (Å²) in [4.78, 5) is 16.4.